The fraction of sp³-hybridized carbons (Fsp3) is 0.690. The van der Waals surface area contributed by atoms with Crippen LogP contribution in [0.3, 0.4) is 0 Å². The van der Waals surface area contributed by atoms with Gasteiger partial charge in [0, 0.05) is 12.1 Å². The number of benzene rings is 1. The molecule has 3 amide bonds. The Morgan fingerprint density at radius 1 is 1.03 bits per heavy atom. The molecular weight excluding hydrogens is 454 g/mol. The van der Waals surface area contributed by atoms with Gasteiger partial charge < -0.3 is 20.3 Å². The maximum atomic E-state index is 14.2. The molecule has 1 aliphatic carbocycles. The van der Waals surface area contributed by atoms with E-state index < -0.39 is 23.8 Å². The van der Waals surface area contributed by atoms with Crippen molar-refractivity contribution < 1.29 is 19.1 Å². The molecule has 0 bridgehead atoms. The van der Waals surface area contributed by atoms with Crippen molar-refractivity contribution in [2.75, 3.05) is 0 Å². The predicted molar refractivity (Wildman–Crippen MR) is 144 cm³/mol. The van der Waals surface area contributed by atoms with Gasteiger partial charge in [-0.05, 0) is 78.7 Å². The summed E-state index contributed by atoms with van der Waals surface area (Å²) in [5.41, 5.74) is 2.20. The van der Waals surface area contributed by atoms with Crippen molar-refractivity contribution in [3.8, 4) is 0 Å². The van der Waals surface area contributed by atoms with E-state index in [4.69, 9.17) is 4.74 Å². The highest BCUT2D eigenvalue weighted by atomic mass is 16.6. The van der Waals surface area contributed by atoms with Crippen LogP contribution >= 0.6 is 0 Å². The zero-order valence-electron chi connectivity index (χ0n) is 23.7. The van der Waals surface area contributed by atoms with Gasteiger partial charge in [0.1, 0.15) is 17.7 Å². The Morgan fingerprint density at radius 2 is 1.61 bits per heavy atom. The van der Waals surface area contributed by atoms with E-state index in [1.54, 1.807) is 25.7 Å². The third-order valence-electron chi connectivity index (χ3n) is 6.52. The summed E-state index contributed by atoms with van der Waals surface area (Å²) in [5.74, 6) is -0.612. The average Bonchev–Trinajstić information content (AvgIpc) is 2.67. The smallest absolute Gasteiger partial charge is 0.408 e. The van der Waals surface area contributed by atoms with Gasteiger partial charge in [0.2, 0.25) is 11.8 Å². The highest BCUT2D eigenvalue weighted by Crippen LogP contribution is 2.35. The quantitative estimate of drug-likeness (QED) is 0.438. The van der Waals surface area contributed by atoms with Crippen LogP contribution < -0.4 is 10.6 Å². The second-order valence-corrected chi connectivity index (χ2v) is 11.7. The first-order valence-corrected chi connectivity index (χ1v) is 13.4. The van der Waals surface area contributed by atoms with Crippen LogP contribution in [0.15, 0.2) is 18.2 Å². The monoisotopic (exact) mass is 501 g/mol. The van der Waals surface area contributed by atoms with Crippen LogP contribution in [-0.4, -0.2) is 46.5 Å². The minimum absolute atomic E-state index is 0.00460. The highest BCUT2D eigenvalue weighted by molar-refractivity contribution is 5.92. The third kappa shape index (κ3) is 8.24. The van der Waals surface area contributed by atoms with Crippen LogP contribution in [0.4, 0.5) is 4.79 Å². The zero-order chi connectivity index (χ0) is 27.2. The van der Waals surface area contributed by atoms with Gasteiger partial charge in [0.05, 0.1) is 0 Å². The summed E-state index contributed by atoms with van der Waals surface area (Å²) < 4.78 is 5.45. The van der Waals surface area contributed by atoms with Gasteiger partial charge in [-0.25, -0.2) is 4.79 Å². The van der Waals surface area contributed by atoms with Crippen LogP contribution in [-0.2, 0) is 14.3 Å². The van der Waals surface area contributed by atoms with Gasteiger partial charge in [-0.2, -0.15) is 0 Å². The molecule has 0 saturated heterocycles. The molecule has 1 saturated carbocycles. The fourth-order valence-corrected chi connectivity index (χ4v) is 4.72. The van der Waals surface area contributed by atoms with E-state index in [9.17, 15) is 14.4 Å². The summed E-state index contributed by atoms with van der Waals surface area (Å²) >= 11 is 0. The van der Waals surface area contributed by atoms with Crippen LogP contribution in [0, 0.1) is 19.8 Å². The van der Waals surface area contributed by atoms with Crippen molar-refractivity contribution in [1.82, 2.24) is 15.5 Å². The number of carbonyl (C=O) groups is 3. The van der Waals surface area contributed by atoms with E-state index in [0.29, 0.717) is 0 Å². The number of alkyl carbamates (subject to hydrolysis) is 1. The molecule has 0 aromatic heterocycles. The van der Waals surface area contributed by atoms with Gasteiger partial charge in [-0.1, -0.05) is 56.5 Å². The average molecular weight is 502 g/mol. The first-order valence-electron chi connectivity index (χ1n) is 13.4. The van der Waals surface area contributed by atoms with E-state index in [-0.39, 0.29) is 29.8 Å². The van der Waals surface area contributed by atoms with Crippen LogP contribution in [0.25, 0.3) is 0 Å². The largest absolute Gasteiger partial charge is 0.444 e. The summed E-state index contributed by atoms with van der Waals surface area (Å²) in [6, 6.07) is 4.40. The van der Waals surface area contributed by atoms with E-state index in [0.717, 1.165) is 48.8 Å². The highest BCUT2D eigenvalue weighted by Gasteiger charge is 2.43. The van der Waals surface area contributed by atoms with E-state index >= 15 is 0 Å². The van der Waals surface area contributed by atoms with E-state index in [1.807, 2.05) is 46.8 Å². The summed E-state index contributed by atoms with van der Waals surface area (Å²) in [5, 5.41) is 5.95. The Hall–Kier alpha value is -2.57. The van der Waals surface area contributed by atoms with E-state index in [2.05, 4.69) is 23.6 Å². The molecular formula is C29H47N3O4. The Morgan fingerprint density at radius 3 is 2.06 bits per heavy atom. The Bertz CT molecular complexity index is 897. The molecule has 1 fully saturated rings. The maximum absolute atomic E-state index is 14.2. The normalized spacial score (nSPS) is 16.5. The number of rotatable bonds is 10. The number of aryl methyl sites for hydroxylation is 2. The second kappa shape index (κ2) is 12.6. The third-order valence-corrected chi connectivity index (χ3v) is 6.52. The van der Waals surface area contributed by atoms with Crippen LogP contribution in [0.1, 0.15) is 103 Å². The lowest BCUT2D eigenvalue weighted by Gasteiger charge is -2.44. The fourth-order valence-electron chi connectivity index (χ4n) is 4.72. The molecule has 3 atom stereocenters. The Kier molecular flexibility index (Phi) is 10.4. The van der Waals surface area contributed by atoms with Crippen molar-refractivity contribution in [2.24, 2.45) is 5.92 Å². The van der Waals surface area contributed by atoms with Crippen LogP contribution in [0.5, 0.6) is 0 Å². The molecule has 36 heavy (non-hydrogen) atoms. The maximum Gasteiger partial charge on any atom is 0.408 e. The number of nitrogens with zero attached hydrogens (tertiary/aromatic N) is 1. The predicted octanol–water partition coefficient (Wildman–Crippen LogP) is 5.58. The lowest BCUT2D eigenvalue weighted by Crippen LogP contribution is -2.59. The summed E-state index contributed by atoms with van der Waals surface area (Å²) in [6.45, 7) is 17.2. The molecule has 202 valence electrons. The number of hydrogen-bond donors (Lipinski definition) is 2. The van der Waals surface area contributed by atoms with Crippen molar-refractivity contribution in [1.29, 1.82) is 0 Å². The first kappa shape index (κ1) is 29.7. The summed E-state index contributed by atoms with van der Waals surface area (Å²) in [4.78, 5) is 42.4. The van der Waals surface area contributed by atoms with Gasteiger partial charge in [0.25, 0.3) is 0 Å². The molecule has 2 N–H and O–H groups in total. The van der Waals surface area contributed by atoms with Gasteiger partial charge in [0.15, 0.2) is 0 Å². The van der Waals surface area contributed by atoms with Gasteiger partial charge in [-0.15, -0.1) is 0 Å². The van der Waals surface area contributed by atoms with Crippen LogP contribution in [0.2, 0.25) is 0 Å². The zero-order valence-corrected chi connectivity index (χ0v) is 23.7. The SMILES string of the molecule is CCCC(C)NC(=O)C(c1cc(C)cc(C)c1)N(C(=O)C(NC(=O)OC(C)(C)C)C(C)C)C1CCC1. The topological polar surface area (TPSA) is 87.7 Å². The standard InChI is InChI=1S/C29H47N3O4/c1-10-12-21(6)30-26(33)25(22-16-19(4)15-20(5)17-22)32(23-13-11-14-23)27(34)24(18(2)3)31-28(35)36-29(7,8)9/h15-18,21,23-25H,10-14H2,1-9H3,(H,30,33)(H,31,35). The molecule has 7 heteroatoms. The molecule has 3 unspecified atom stereocenters. The number of amides is 3. The molecule has 2 rings (SSSR count). The molecule has 0 radical (unpaired) electrons. The number of carbonyl (C=O) groups excluding carboxylic acids is 3. The molecule has 7 nitrogen and oxygen atoms in total. The minimum Gasteiger partial charge on any atom is -0.444 e. The second-order valence-electron chi connectivity index (χ2n) is 11.7. The van der Waals surface area contributed by atoms with Gasteiger partial charge >= 0.3 is 6.09 Å². The molecule has 1 aliphatic rings. The number of ether oxygens (including phenoxy) is 1. The van der Waals surface area contributed by atoms with E-state index in [1.165, 1.54) is 0 Å². The molecule has 0 aliphatic heterocycles. The van der Waals surface area contributed by atoms with Crippen molar-refractivity contribution in [3.05, 3.63) is 34.9 Å². The van der Waals surface area contributed by atoms with Crippen molar-refractivity contribution in [2.45, 2.75) is 124 Å². The van der Waals surface area contributed by atoms with Gasteiger partial charge in [-0.3, -0.25) is 9.59 Å². The Balaban J connectivity index is 2.52. The number of hydrogen-bond acceptors (Lipinski definition) is 4. The molecule has 0 heterocycles. The summed E-state index contributed by atoms with van der Waals surface area (Å²) in [6.07, 6.45) is 3.86. The van der Waals surface area contributed by atoms with Crippen molar-refractivity contribution >= 4 is 17.9 Å². The molecule has 1 aromatic rings. The Labute approximate surface area is 217 Å². The summed E-state index contributed by atoms with van der Waals surface area (Å²) in [7, 11) is 0. The minimum atomic E-state index is -0.810. The molecule has 0 spiro atoms. The molecule has 1 aromatic carbocycles. The lowest BCUT2D eigenvalue weighted by atomic mass is 9.86. The number of nitrogens with one attached hydrogen (secondary N) is 2. The van der Waals surface area contributed by atoms with Crippen molar-refractivity contribution in [3.63, 3.8) is 0 Å². The first-order chi connectivity index (χ1) is 16.7. The lowest BCUT2D eigenvalue weighted by molar-refractivity contribution is -0.148.